The third-order valence-corrected chi connectivity index (χ3v) is 4.95. The minimum atomic E-state index is -3.03. The fourth-order valence-electron chi connectivity index (χ4n) is 2.90. The minimum Gasteiger partial charge on any atom is -0.493 e. The van der Waals surface area contributed by atoms with Gasteiger partial charge in [0.05, 0.1) is 12.4 Å². The van der Waals surface area contributed by atoms with Gasteiger partial charge in [-0.05, 0) is 42.0 Å². The second-order valence-corrected chi connectivity index (χ2v) is 8.46. The van der Waals surface area contributed by atoms with Gasteiger partial charge in [0, 0.05) is 19.0 Å². The molecule has 2 heterocycles. The number of ether oxygens (including phenoxy) is 1. The third kappa shape index (κ3) is 4.71. The Labute approximate surface area is 143 Å². The molecule has 0 saturated carbocycles. The average molecular weight is 346 g/mol. The summed E-state index contributed by atoms with van der Waals surface area (Å²) in [6.07, 6.45) is 4.82. The Morgan fingerprint density at radius 3 is 2.83 bits per heavy atom. The quantitative estimate of drug-likeness (QED) is 0.901. The molecule has 1 unspecified atom stereocenters. The number of anilines is 1. The zero-order valence-corrected chi connectivity index (χ0v) is 14.6. The lowest BCUT2D eigenvalue weighted by atomic mass is 9.97. The van der Waals surface area contributed by atoms with E-state index in [-0.39, 0.29) is 5.75 Å². The van der Waals surface area contributed by atoms with Gasteiger partial charge >= 0.3 is 0 Å². The molecule has 6 heteroatoms. The number of fused-ring (bicyclic) bond motifs is 1. The molecule has 1 aromatic carbocycles. The lowest BCUT2D eigenvalue weighted by molar-refractivity contribution is 0.298. The van der Waals surface area contributed by atoms with E-state index in [9.17, 15) is 8.42 Å². The molecular weight excluding hydrogens is 324 g/mol. The van der Waals surface area contributed by atoms with Crippen molar-refractivity contribution in [3.63, 3.8) is 0 Å². The van der Waals surface area contributed by atoms with Gasteiger partial charge < -0.3 is 10.1 Å². The van der Waals surface area contributed by atoms with Gasteiger partial charge in [-0.25, -0.2) is 13.4 Å². The molecule has 1 aliphatic heterocycles. The maximum absolute atomic E-state index is 11.3. The molecule has 1 aliphatic rings. The van der Waals surface area contributed by atoms with Crippen LogP contribution < -0.4 is 10.1 Å². The van der Waals surface area contributed by atoms with Crippen molar-refractivity contribution in [1.29, 1.82) is 0 Å². The van der Waals surface area contributed by atoms with Crippen LogP contribution in [-0.4, -0.2) is 32.8 Å². The van der Waals surface area contributed by atoms with Crippen LogP contribution in [0.1, 0.15) is 17.5 Å². The summed E-state index contributed by atoms with van der Waals surface area (Å²) in [6, 6.07) is 11.8. The highest BCUT2D eigenvalue weighted by Crippen LogP contribution is 2.26. The van der Waals surface area contributed by atoms with E-state index in [0.717, 1.165) is 37.6 Å². The lowest BCUT2D eigenvalue weighted by Gasteiger charge is -2.15. The molecule has 1 N–H and O–H groups in total. The van der Waals surface area contributed by atoms with Crippen LogP contribution in [0.15, 0.2) is 42.6 Å². The Kier molecular flexibility index (Phi) is 5.04. The molecule has 0 saturated heterocycles. The number of benzene rings is 1. The SMILES string of the molecule is CS(=O)(=O)Cc1ccc(NCC2CCOc3ccccc3C2)nc1. The standard InChI is InChI=1S/C18H22N2O3S/c1-24(21,22)13-15-6-7-18(20-12-15)19-11-14-8-9-23-17-5-3-2-4-16(17)10-14/h2-7,12,14H,8-11,13H2,1H3,(H,19,20). The summed E-state index contributed by atoms with van der Waals surface area (Å²) in [5, 5.41) is 3.35. The highest BCUT2D eigenvalue weighted by molar-refractivity contribution is 7.89. The van der Waals surface area contributed by atoms with E-state index in [4.69, 9.17) is 4.74 Å². The highest BCUT2D eigenvalue weighted by Gasteiger charge is 2.17. The first-order chi connectivity index (χ1) is 11.5. The Balaban J connectivity index is 1.58. The first-order valence-corrected chi connectivity index (χ1v) is 10.1. The molecule has 0 amide bonds. The van der Waals surface area contributed by atoms with Crippen LogP contribution in [0.3, 0.4) is 0 Å². The van der Waals surface area contributed by atoms with Crippen LogP contribution in [0.4, 0.5) is 5.82 Å². The van der Waals surface area contributed by atoms with Gasteiger partial charge in [0.15, 0.2) is 9.84 Å². The summed E-state index contributed by atoms with van der Waals surface area (Å²) in [4.78, 5) is 4.31. The Hall–Kier alpha value is -2.08. The molecule has 5 nitrogen and oxygen atoms in total. The first kappa shape index (κ1) is 16.8. The average Bonchev–Trinajstić information content (AvgIpc) is 2.74. The van der Waals surface area contributed by atoms with Crippen LogP contribution in [0.25, 0.3) is 0 Å². The van der Waals surface area contributed by atoms with Crippen LogP contribution in [0, 0.1) is 5.92 Å². The number of nitrogens with zero attached hydrogens (tertiary/aromatic N) is 1. The van der Waals surface area contributed by atoms with Gasteiger partial charge in [0.1, 0.15) is 11.6 Å². The second kappa shape index (κ2) is 7.21. The Morgan fingerprint density at radius 1 is 1.25 bits per heavy atom. The molecule has 1 aromatic heterocycles. The van der Waals surface area contributed by atoms with Gasteiger partial charge in [-0.15, -0.1) is 0 Å². The van der Waals surface area contributed by atoms with Crippen LogP contribution in [0.2, 0.25) is 0 Å². The molecule has 0 fully saturated rings. The second-order valence-electron chi connectivity index (χ2n) is 6.32. The zero-order valence-electron chi connectivity index (χ0n) is 13.7. The lowest BCUT2D eigenvalue weighted by Crippen LogP contribution is -2.18. The normalized spacial score (nSPS) is 17.5. The summed E-state index contributed by atoms with van der Waals surface area (Å²) < 4.78 is 28.4. The van der Waals surface area contributed by atoms with Crippen molar-refractivity contribution in [2.24, 2.45) is 5.92 Å². The van der Waals surface area contributed by atoms with Crippen molar-refractivity contribution in [2.75, 3.05) is 24.7 Å². The molecule has 0 radical (unpaired) electrons. The van der Waals surface area contributed by atoms with Crippen molar-refractivity contribution >= 4 is 15.7 Å². The van der Waals surface area contributed by atoms with E-state index < -0.39 is 9.84 Å². The number of aromatic nitrogens is 1. The minimum absolute atomic E-state index is 0.0248. The van der Waals surface area contributed by atoms with Gasteiger partial charge in [-0.3, -0.25) is 0 Å². The maximum Gasteiger partial charge on any atom is 0.151 e. The van der Waals surface area contributed by atoms with E-state index in [0.29, 0.717) is 11.5 Å². The predicted molar refractivity (Wildman–Crippen MR) is 95.0 cm³/mol. The number of sulfone groups is 1. The summed E-state index contributed by atoms with van der Waals surface area (Å²) in [5.74, 6) is 2.26. The molecule has 1 atom stereocenters. The fourth-order valence-corrected chi connectivity index (χ4v) is 3.68. The topological polar surface area (TPSA) is 68.3 Å². The van der Waals surface area contributed by atoms with Gasteiger partial charge in [0.2, 0.25) is 0 Å². The van der Waals surface area contributed by atoms with Crippen molar-refractivity contribution in [3.8, 4) is 5.75 Å². The summed E-state index contributed by atoms with van der Waals surface area (Å²) in [7, 11) is -3.03. The summed E-state index contributed by atoms with van der Waals surface area (Å²) >= 11 is 0. The number of hydrogen-bond acceptors (Lipinski definition) is 5. The van der Waals surface area contributed by atoms with Crippen LogP contribution in [-0.2, 0) is 22.0 Å². The number of nitrogens with one attached hydrogen (secondary N) is 1. The first-order valence-electron chi connectivity index (χ1n) is 8.07. The largest absolute Gasteiger partial charge is 0.493 e. The van der Waals surface area contributed by atoms with Gasteiger partial charge in [0.25, 0.3) is 0 Å². The molecule has 0 spiro atoms. The molecule has 24 heavy (non-hydrogen) atoms. The molecule has 0 aliphatic carbocycles. The van der Waals surface area contributed by atoms with Crippen molar-refractivity contribution < 1.29 is 13.2 Å². The number of rotatable bonds is 5. The van der Waals surface area contributed by atoms with Crippen molar-refractivity contribution in [2.45, 2.75) is 18.6 Å². The van der Waals surface area contributed by atoms with Gasteiger partial charge in [-0.2, -0.15) is 0 Å². The predicted octanol–water partition coefficient (Wildman–Crippen LogP) is 2.68. The van der Waals surface area contributed by atoms with Gasteiger partial charge in [-0.1, -0.05) is 24.3 Å². The fraction of sp³-hybridized carbons (Fsp3) is 0.389. The maximum atomic E-state index is 11.3. The van der Waals surface area contributed by atoms with E-state index in [2.05, 4.69) is 16.4 Å². The molecule has 0 bridgehead atoms. The molecule has 128 valence electrons. The van der Waals surface area contributed by atoms with E-state index in [1.54, 1.807) is 6.20 Å². The summed E-state index contributed by atoms with van der Waals surface area (Å²) in [5.41, 5.74) is 1.96. The zero-order chi connectivity index (χ0) is 17.0. The summed E-state index contributed by atoms with van der Waals surface area (Å²) in [6.45, 7) is 1.54. The van der Waals surface area contributed by atoms with E-state index in [1.807, 2.05) is 30.3 Å². The number of para-hydroxylation sites is 1. The highest BCUT2D eigenvalue weighted by atomic mass is 32.2. The van der Waals surface area contributed by atoms with E-state index in [1.165, 1.54) is 11.8 Å². The van der Waals surface area contributed by atoms with E-state index >= 15 is 0 Å². The monoisotopic (exact) mass is 346 g/mol. The number of hydrogen-bond donors (Lipinski definition) is 1. The Morgan fingerprint density at radius 2 is 2.08 bits per heavy atom. The molecular formula is C18H22N2O3S. The van der Waals surface area contributed by atoms with Crippen molar-refractivity contribution in [1.82, 2.24) is 4.98 Å². The van der Waals surface area contributed by atoms with Crippen LogP contribution >= 0.6 is 0 Å². The van der Waals surface area contributed by atoms with Crippen LogP contribution in [0.5, 0.6) is 5.75 Å². The Bertz CT molecular complexity index is 788. The van der Waals surface area contributed by atoms with Crippen molar-refractivity contribution in [3.05, 3.63) is 53.7 Å². The smallest absolute Gasteiger partial charge is 0.151 e. The third-order valence-electron chi connectivity index (χ3n) is 4.09. The number of pyridine rings is 1. The molecule has 2 aromatic rings. The molecule has 3 rings (SSSR count).